The Hall–Kier alpha value is -4.94. The Bertz CT molecular complexity index is 2370. The number of carbonyl (C=O) groups is 1. The standard InChI is InChI=1S/C36H27ClF2N6O3S/c37-30-21-9-12-23(20(21)8-10-22(30)39)42-33-32-18(13-14-40-33)16-26(49-32)28-27(34-43-44-36(47)48-34)24(11-5-17-3-6-19(38)7-4-17)41-31-25-2-1-15-45(25)35(46)29(28)31/h3-4,6-8,10,13-14,16,23,25H,1-2,5,9,11-12,15H2,(H,40,42)(H,44,47)/t23-,25-/m1/s1. The van der Waals surface area contributed by atoms with Gasteiger partial charge in [0.25, 0.3) is 11.8 Å². The van der Waals surface area contributed by atoms with Crippen LogP contribution in [0, 0.1) is 11.6 Å². The summed E-state index contributed by atoms with van der Waals surface area (Å²) < 4.78 is 34.3. The van der Waals surface area contributed by atoms with Crippen LogP contribution in [0.2, 0.25) is 5.02 Å². The van der Waals surface area contributed by atoms with Crippen LogP contribution in [-0.2, 0) is 19.3 Å². The van der Waals surface area contributed by atoms with Gasteiger partial charge in [0, 0.05) is 23.2 Å². The van der Waals surface area contributed by atoms with E-state index in [4.69, 9.17) is 26.0 Å². The van der Waals surface area contributed by atoms with E-state index in [1.165, 1.54) is 29.5 Å². The number of amides is 1. The Kier molecular flexibility index (Phi) is 7.13. The number of hydrogen-bond donors (Lipinski definition) is 2. The van der Waals surface area contributed by atoms with E-state index in [0.717, 1.165) is 50.9 Å². The maximum atomic E-state index is 14.2. The van der Waals surface area contributed by atoms with Gasteiger partial charge >= 0.3 is 5.76 Å². The Morgan fingerprint density at radius 3 is 2.71 bits per heavy atom. The van der Waals surface area contributed by atoms with E-state index in [2.05, 4.69) is 15.5 Å². The van der Waals surface area contributed by atoms with Crippen LogP contribution >= 0.6 is 22.9 Å². The number of benzene rings is 2. The highest BCUT2D eigenvalue weighted by molar-refractivity contribution is 7.23. The number of hydrogen-bond acceptors (Lipinski definition) is 8. The quantitative estimate of drug-likeness (QED) is 0.175. The summed E-state index contributed by atoms with van der Waals surface area (Å²) in [5.41, 5.74) is 5.61. The molecule has 6 heterocycles. The Morgan fingerprint density at radius 1 is 1.04 bits per heavy atom. The summed E-state index contributed by atoms with van der Waals surface area (Å²) >= 11 is 7.78. The fourth-order valence-corrected chi connectivity index (χ4v) is 9.03. The number of aromatic amines is 1. The van der Waals surface area contributed by atoms with Crippen LogP contribution in [0.15, 0.2) is 63.9 Å². The fourth-order valence-electron chi connectivity index (χ4n) is 7.60. The van der Waals surface area contributed by atoms with E-state index in [-0.39, 0.29) is 34.7 Å². The third-order valence-electron chi connectivity index (χ3n) is 9.84. The molecule has 1 aliphatic carbocycles. The van der Waals surface area contributed by atoms with Gasteiger partial charge in [-0.15, -0.1) is 16.4 Å². The van der Waals surface area contributed by atoms with Gasteiger partial charge in [0.05, 0.1) is 44.3 Å². The van der Waals surface area contributed by atoms with Crippen molar-refractivity contribution >= 4 is 44.7 Å². The summed E-state index contributed by atoms with van der Waals surface area (Å²) in [7, 11) is 0. The van der Waals surface area contributed by atoms with Crippen molar-refractivity contribution in [3.05, 3.63) is 116 Å². The maximum absolute atomic E-state index is 14.2. The minimum atomic E-state index is -0.721. The molecule has 0 radical (unpaired) electrons. The first kappa shape index (κ1) is 30.1. The SMILES string of the molecule is O=C1c2c(nc(CCc3ccc(F)cc3)c(-c3n[nH]c(=O)o3)c2-c2cc3ccnc(N[C@@H]4CCc5c4ccc(F)c5Cl)c3s2)[C@H]2CCCN12. The molecule has 2 atom stereocenters. The van der Waals surface area contributed by atoms with E-state index in [0.29, 0.717) is 59.7 Å². The van der Waals surface area contributed by atoms with Gasteiger partial charge in [-0.3, -0.25) is 9.78 Å². The van der Waals surface area contributed by atoms with Crippen molar-refractivity contribution in [3.63, 3.8) is 0 Å². The average Bonchev–Trinajstić information content (AvgIpc) is 3.94. The molecule has 0 bridgehead atoms. The molecular formula is C36H27ClF2N6O3S. The summed E-state index contributed by atoms with van der Waals surface area (Å²) in [6.07, 6.45) is 5.78. The minimum absolute atomic E-state index is 0.0462. The molecule has 2 N–H and O–H groups in total. The molecule has 13 heteroatoms. The van der Waals surface area contributed by atoms with Crippen LogP contribution in [0.5, 0.6) is 0 Å². The first-order chi connectivity index (χ1) is 23.8. The Balaban J connectivity index is 1.21. The zero-order valence-electron chi connectivity index (χ0n) is 25.9. The van der Waals surface area contributed by atoms with Crippen molar-refractivity contribution in [1.29, 1.82) is 0 Å². The molecule has 3 aliphatic rings. The number of thiophene rings is 1. The number of carbonyl (C=O) groups excluding carboxylic acids is 1. The van der Waals surface area contributed by atoms with E-state index in [1.54, 1.807) is 24.4 Å². The van der Waals surface area contributed by atoms with E-state index >= 15 is 0 Å². The van der Waals surface area contributed by atoms with Crippen molar-refractivity contribution in [2.24, 2.45) is 0 Å². The molecule has 0 unspecified atom stereocenters. The summed E-state index contributed by atoms with van der Waals surface area (Å²) in [4.78, 5) is 38.9. The van der Waals surface area contributed by atoms with Crippen molar-refractivity contribution < 1.29 is 18.0 Å². The summed E-state index contributed by atoms with van der Waals surface area (Å²) in [6, 6.07) is 13.2. The molecule has 1 fully saturated rings. The summed E-state index contributed by atoms with van der Waals surface area (Å²) in [5, 5.41) is 11.2. The largest absolute Gasteiger partial charge is 0.434 e. The lowest BCUT2D eigenvalue weighted by atomic mass is 9.93. The summed E-state index contributed by atoms with van der Waals surface area (Å²) in [5.74, 6) is -0.862. The first-order valence-electron chi connectivity index (χ1n) is 16.1. The van der Waals surface area contributed by atoms with Crippen molar-refractivity contribution in [2.45, 2.75) is 50.6 Å². The molecule has 2 aromatic carbocycles. The molecule has 1 saturated heterocycles. The van der Waals surface area contributed by atoms with Crippen LogP contribution in [0.25, 0.3) is 32.0 Å². The zero-order chi connectivity index (χ0) is 33.4. The lowest BCUT2D eigenvalue weighted by Gasteiger charge is -2.16. The lowest BCUT2D eigenvalue weighted by Crippen LogP contribution is -2.22. The van der Waals surface area contributed by atoms with Gasteiger partial charge in [-0.05, 0) is 90.9 Å². The number of nitrogens with zero attached hydrogens (tertiary/aromatic N) is 4. The number of H-pyrrole nitrogens is 1. The van der Waals surface area contributed by atoms with Crippen LogP contribution in [0.4, 0.5) is 14.6 Å². The average molecular weight is 697 g/mol. The van der Waals surface area contributed by atoms with Crippen LogP contribution in [0.1, 0.15) is 69.8 Å². The molecule has 246 valence electrons. The van der Waals surface area contributed by atoms with Gasteiger partial charge < -0.3 is 14.6 Å². The second-order valence-corrected chi connectivity index (χ2v) is 14.1. The van der Waals surface area contributed by atoms with Crippen molar-refractivity contribution in [3.8, 4) is 21.9 Å². The highest BCUT2D eigenvalue weighted by Gasteiger charge is 2.45. The number of halogens is 3. The van der Waals surface area contributed by atoms with E-state index in [9.17, 15) is 18.4 Å². The molecule has 0 spiro atoms. The first-order valence-corrected chi connectivity index (χ1v) is 17.3. The second kappa shape index (κ2) is 11.6. The monoisotopic (exact) mass is 696 g/mol. The lowest BCUT2D eigenvalue weighted by molar-refractivity contribution is 0.0776. The van der Waals surface area contributed by atoms with Gasteiger partial charge in [-0.1, -0.05) is 29.8 Å². The molecule has 9 rings (SSSR count). The molecule has 2 aliphatic heterocycles. The third-order valence-corrected chi connectivity index (χ3v) is 11.4. The van der Waals surface area contributed by atoms with Gasteiger partial charge in [0.15, 0.2) is 0 Å². The predicted molar refractivity (Wildman–Crippen MR) is 182 cm³/mol. The van der Waals surface area contributed by atoms with Gasteiger partial charge in [0.2, 0.25) is 0 Å². The topological polar surface area (TPSA) is 117 Å². The van der Waals surface area contributed by atoms with Crippen molar-refractivity contribution in [1.82, 2.24) is 25.1 Å². The smallest absolute Gasteiger partial charge is 0.388 e. The van der Waals surface area contributed by atoms with Gasteiger partial charge in [-0.2, -0.15) is 0 Å². The van der Waals surface area contributed by atoms with E-state index < -0.39 is 11.6 Å². The number of fused-ring (bicyclic) bond motifs is 5. The molecular weight excluding hydrogens is 670 g/mol. The third kappa shape index (κ3) is 4.95. The number of aromatic nitrogens is 4. The number of pyridine rings is 2. The Morgan fingerprint density at radius 2 is 1.90 bits per heavy atom. The minimum Gasteiger partial charge on any atom is -0.388 e. The van der Waals surface area contributed by atoms with Gasteiger partial charge in [-0.25, -0.2) is 23.7 Å². The fraction of sp³-hybridized carbons (Fsp3) is 0.250. The van der Waals surface area contributed by atoms with E-state index in [1.807, 2.05) is 17.0 Å². The zero-order valence-corrected chi connectivity index (χ0v) is 27.4. The molecule has 6 aromatic rings. The Labute approximate surface area is 287 Å². The number of rotatable bonds is 7. The second-order valence-electron chi connectivity index (χ2n) is 12.6. The maximum Gasteiger partial charge on any atom is 0.434 e. The molecule has 9 nitrogen and oxygen atoms in total. The van der Waals surface area contributed by atoms with Crippen LogP contribution in [-0.4, -0.2) is 37.5 Å². The number of anilines is 1. The van der Waals surface area contributed by atoms with Gasteiger partial charge in [0.1, 0.15) is 17.5 Å². The highest BCUT2D eigenvalue weighted by Crippen LogP contribution is 2.50. The number of nitrogens with one attached hydrogen (secondary N) is 2. The van der Waals surface area contributed by atoms with Crippen molar-refractivity contribution in [2.75, 3.05) is 11.9 Å². The molecule has 0 saturated carbocycles. The predicted octanol–water partition coefficient (Wildman–Crippen LogP) is 7.81. The van der Waals surface area contributed by atoms with Crippen LogP contribution in [0.3, 0.4) is 0 Å². The summed E-state index contributed by atoms with van der Waals surface area (Å²) in [6.45, 7) is 0.637. The van der Waals surface area contributed by atoms with Crippen LogP contribution < -0.4 is 11.1 Å². The number of aryl methyl sites for hydroxylation is 2. The molecule has 4 aromatic heterocycles. The molecule has 49 heavy (non-hydrogen) atoms. The molecule has 1 amide bonds. The normalized spacial score (nSPS) is 17.9. The highest BCUT2D eigenvalue weighted by atomic mass is 35.5.